The van der Waals surface area contributed by atoms with Crippen molar-refractivity contribution in [2.45, 2.75) is 37.8 Å². The van der Waals surface area contributed by atoms with Gasteiger partial charge in [-0.1, -0.05) is 49.0 Å². The van der Waals surface area contributed by atoms with E-state index >= 15 is 0 Å². The molecule has 19 heavy (non-hydrogen) atoms. The first-order valence-corrected chi connectivity index (χ1v) is 7.33. The number of benzene rings is 1. The van der Waals surface area contributed by atoms with Gasteiger partial charge in [-0.25, -0.2) is 0 Å². The number of rotatable bonds is 5. The van der Waals surface area contributed by atoms with Crippen molar-refractivity contribution in [3.8, 4) is 0 Å². The molecule has 104 valence electrons. The summed E-state index contributed by atoms with van der Waals surface area (Å²) >= 11 is 5.10. The Labute approximate surface area is 120 Å². The summed E-state index contributed by atoms with van der Waals surface area (Å²) < 4.78 is 0. The number of aliphatic hydroxyl groups is 1. The van der Waals surface area contributed by atoms with E-state index in [1.54, 1.807) is 0 Å². The third kappa shape index (κ3) is 3.75. The van der Waals surface area contributed by atoms with Crippen LogP contribution in [-0.2, 0) is 0 Å². The average molecular weight is 278 g/mol. The minimum atomic E-state index is 0.191. The molecule has 1 aliphatic heterocycles. The Morgan fingerprint density at radius 3 is 2.74 bits per heavy atom. The van der Waals surface area contributed by atoms with E-state index < -0.39 is 0 Å². The molecule has 0 aromatic heterocycles. The molecule has 1 aromatic carbocycles. The van der Waals surface area contributed by atoms with Crippen LogP contribution in [0.5, 0.6) is 0 Å². The number of aliphatic hydroxyl groups excluding tert-OH is 1. The molecular weight excluding hydrogens is 256 g/mol. The van der Waals surface area contributed by atoms with Crippen LogP contribution in [0.4, 0.5) is 0 Å². The molecule has 0 amide bonds. The van der Waals surface area contributed by atoms with Gasteiger partial charge in [-0.15, -0.1) is 0 Å². The smallest absolute Gasteiger partial charge is 0.0746 e. The van der Waals surface area contributed by atoms with Crippen molar-refractivity contribution >= 4 is 17.2 Å². The predicted molar refractivity (Wildman–Crippen MR) is 82.0 cm³/mol. The molecule has 2 rings (SSSR count). The zero-order valence-corrected chi connectivity index (χ0v) is 12.0. The number of hydrogen-bond acceptors (Lipinski definition) is 3. The molecule has 1 saturated heterocycles. The fourth-order valence-corrected chi connectivity index (χ4v) is 3.08. The Bertz CT molecular complexity index is 410. The minimum absolute atomic E-state index is 0.191. The van der Waals surface area contributed by atoms with E-state index in [9.17, 15) is 5.11 Å². The highest BCUT2D eigenvalue weighted by atomic mass is 32.1. The Balaban J connectivity index is 2.23. The van der Waals surface area contributed by atoms with E-state index in [0.717, 1.165) is 13.0 Å². The van der Waals surface area contributed by atoms with E-state index in [2.05, 4.69) is 17.0 Å². The molecule has 0 radical (unpaired) electrons. The average Bonchev–Trinajstić information content (AvgIpc) is 2.45. The van der Waals surface area contributed by atoms with Crippen molar-refractivity contribution < 1.29 is 5.11 Å². The van der Waals surface area contributed by atoms with Crippen LogP contribution in [0.3, 0.4) is 0 Å². The maximum absolute atomic E-state index is 9.59. The highest BCUT2D eigenvalue weighted by Crippen LogP contribution is 2.30. The lowest BCUT2D eigenvalue weighted by Gasteiger charge is -2.40. The quantitative estimate of drug-likeness (QED) is 0.811. The van der Waals surface area contributed by atoms with Gasteiger partial charge in [0.2, 0.25) is 0 Å². The summed E-state index contributed by atoms with van der Waals surface area (Å²) in [4.78, 5) is 2.91. The summed E-state index contributed by atoms with van der Waals surface area (Å²) in [6.07, 6.45) is 4.10. The molecule has 3 nitrogen and oxygen atoms in total. The van der Waals surface area contributed by atoms with Crippen LogP contribution in [0, 0.1) is 0 Å². The first-order chi connectivity index (χ1) is 9.22. The topological polar surface area (TPSA) is 49.5 Å². The largest absolute Gasteiger partial charge is 0.395 e. The van der Waals surface area contributed by atoms with Gasteiger partial charge in [-0.3, -0.25) is 4.90 Å². The summed E-state index contributed by atoms with van der Waals surface area (Å²) in [7, 11) is 0. The summed E-state index contributed by atoms with van der Waals surface area (Å²) in [5, 5.41) is 9.59. The van der Waals surface area contributed by atoms with Gasteiger partial charge < -0.3 is 10.8 Å². The fraction of sp³-hybridized carbons (Fsp3) is 0.533. The zero-order valence-electron chi connectivity index (χ0n) is 11.2. The third-order valence-electron chi connectivity index (χ3n) is 3.86. The number of piperidine rings is 1. The molecule has 1 aliphatic rings. The van der Waals surface area contributed by atoms with Crippen LogP contribution in [0.15, 0.2) is 30.3 Å². The molecule has 1 heterocycles. The first-order valence-electron chi connectivity index (χ1n) is 6.92. The molecule has 4 heteroatoms. The van der Waals surface area contributed by atoms with Crippen molar-refractivity contribution in [3.05, 3.63) is 35.9 Å². The maximum atomic E-state index is 9.59. The van der Waals surface area contributed by atoms with Crippen molar-refractivity contribution in [2.75, 3.05) is 13.2 Å². The number of hydrogen-bond donors (Lipinski definition) is 2. The standard InChI is InChI=1S/C15H22N2OS/c16-15(19)10-14(12-6-2-1-3-7-12)17-9-5-4-8-13(17)11-18/h1-3,6-7,13-14,18H,4-5,8-11H2,(H2,16,19). The second-order valence-electron chi connectivity index (χ2n) is 5.17. The normalized spacial score (nSPS) is 22.1. The number of nitrogens with two attached hydrogens (primary N) is 1. The highest BCUT2D eigenvalue weighted by Gasteiger charge is 2.29. The summed E-state index contributed by atoms with van der Waals surface area (Å²) in [5.41, 5.74) is 7.00. The lowest BCUT2D eigenvalue weighted by molar-refractivity contribution is 0.0548. The Morgan fingerprint density at radius 1 is 1.37 bits per heavy atom. The van der Waals surface area contributed by atoms with Gasteiger partial charge in [0, 0.05) is 18.5 Å². The molecular formula is C15H22N2OS. The molecule has 0 spiro atoms. The van der Waals surface area contributed by atoms with Gasteiger partial charge in [0.15, 0.2) is 0 Å². The summed E-state index contributed by atoms with van der Waals surface area (Å²) in [5.74, 6) is 0. The van der Waals surface area contributed by atoms with Gasteiger partial charge in [0.05, 0.1) is 11.6 Å². The van der Waals surface area contributed by atoms with Crippen molar-refractivity contribution in [3.63, 3.8) is 0 Å². The number of thiocarbonyl (C=S) groups is 1. The van der Waals surface area contributed by atoms with E-state index in [1.165, 1.54) is 18.4 Å². The van der Waals surface area contributed by atoms with E-state index in [-0.39, 0.29) is 18.7 Å². The van der Waals surface area contributed by atoms with E-state index in [1.807, 2.05) is 18.2 Å². The molecule has 3 N–H and O–H groups in total. The Kier molecular flexibility index (Phi) is 5.31. The molecule has 1 fully saturated rings. The van der Waals surface area contributed by atoms with Gasteiger partial charge in [0.25, 0.3) is 0 Å². The zero-order chi connectivity index (χ0) is 13.7. The molecule has 2 unspecified atom stereocenters. The third-order valence-corrected chi connectivity index (χ3v) is 4.03. The first kappa shape index (κ1) is 14.4. The van der Waals surface area contributed by atoms with Crippen LogP contribution < -0.4 is 5.73 Å². The molecule has 1 aromatic rings. The van der Waals surface area contributed by atoms with Crippen LogP contribution in [0.1, 0.15) is 37.3 Å². The van der Waals surface area contributed by atoms with Gasteiger partial charge in [-0.05, 0) is 24.9 Å². The maximum Gasteiger partial charge on any atom is 0.0746 e. The molecule has 0 saturated carbocycles. The van der Waals surface area contributed by atoms with Crippen molar-refractivity contribution in [2.24, 2.45) is 5.73 Å². The molecule has 0 aliphatic carbocycles. The Morgan fingerprint density at radius 2 is 2.11 bits per heavy atom. The molecule has 2 atom stereocenters. The van der Waals surface area contributed by atoms with Gasteiger partial charge >= 0.3 is 0 Å². The van der Waals surface area contributed by atoms with Gasteiger partial charge in [0.1, 0.15) is 0 Å². The lowest BCUT2D eigenvalue weighted by Crippen LogP contribution is -2.45. The van der Waals surface area contributed by atoms with Crippen LogP contribution >= 0.6 is 12.2 Å². The second-order valence-corrected chi connectivity index (χ2v) is 5.69. The van der Waals surface area contributed by atoms with Crippen LogP contribution in [-0.4, -0.2) is 34.2 Å². The Hall–Kier alpha value is -0.970. The second kappa shape index (κ2) is 6.98. The van der Waals surface area contributed by atoms with E-state index in [0.29, 0.717) is 11.4 Å². The lowest BCUT2D eigenvalue weighted by atomic mass is 9.95. The monoisotopic (exact) mass is 278 g/mol. The minimum Gasteiger partial charge on any atom is -0.395 e. The van der Waals surface area contributed by atoms with E-state index in [4.69, 9.17) is 18.0 Å². The number of nitrogens with zero attached hydrogens (tertiary/aromatic N) is 1. The predicted octanol–water partition coefficient (Wildman–Crippen LogP) is 2.25. The SMILES string of the molecule is NC(=S)CC(c1ccccc1)N1CCCCC1CO. The van der Waals surface area contributed by atoms with Crippen molar-refractivity contribution in [1.82, 2.24) is 4.90 Å². The summed E-state index contributed by atoms with van der Waals surface area (Å²) in [6, 6.07) is 10.8. The highest BCUT2D eigenvalue weighted by molar-refractivity contribution is 7.80. The van der Waals surface area contributed by atoms with Crippen LogP contribution in [0.2, 0.25) is 0 Å². The molecule has 0 bridgehead atoms. The van der Waals surface area contributed by atoms with Crippen LogP contribution in [0.25, 0.3) is 0 Å². The van der Waals surface area contributed by atoms with Gasteiger partial charge in [-0.2, -0.15) is 0 Å². The number of likely N-dealkylation sites (tertiary alicyclic amines) is 1. The van der Waals surface area contributed by atoms with Crippen molar-refractivity contribution in [1.29, 1.82) is 0 Å². The summed E-state index contributed by atoms with van der Waals surface area (Å²) in [6.45, 7) is 1.22. The fourth-order valence-electron chi connectivity index (χ4n) is 2.92.